The minimum atomic E-state index is -1.38. The van der Waals surface area contributed by atoms with Crippen molar-refractivity contribution in [1.82, 2.24) is 10.2 Å². The summed E-state index contributed by atoms with van der Waals surface area (Å²) in [7, 11) is 0. The largest absolute Gasteiger partial charge is 0.463 e. The molecule has 9 nitrogen and oxygen atoms in total. The Bertz CT molecular complexity index is 1070. The second-order valence-electron chi connectivity index (χ2n) is 7.68. The Kier molecular flexibility index (Phi) is 4.89. The molecule has 30 heavy (non-hydrogen) atoms. The molecule has 158 valence electrons. The molecular weight excluding hydrogens is 408 g/mol. The first-order valence-corrected chi connectivity index (χ1v) is 10.5. The molecule has 0 saturated carbocycles. The van der Waals surface area contributed by atoms with Crippen molar-refractivity contribution in [3.63, 3.8) is 0 Å². The highest BCUT2D eigenvalue weighted by Gasteiger charge is 2.51. The maximum atomic E-state index is 12.9. The van der Waals surface area contributed by atoms with Crippen LogP contribution < -0.4 is 16.4 Å². The van der Waals surface area contributed by atoms with Crippen LogP contribution in [0.2, 0.25) is 0 Å². The monoisotopic (exact) mass is 430 g/mol. The number of hydrogen-bond donors (Lipinski definition) is 3. The van der Waals surface area contributed by atoms with Crippen LogP contribution in [0.3, 0.4) is 0 Å². The summed E-state index contributed by atoms with van der Waals surface area (Å²) in [5.74, 6) is -0.870. The van der Waals surface area contributed by atoms with Gasteiger partial charge in [0, 0.05) is 4.88 Å². The molecule has 0 bridgehead atoms. The van der Waals surface area contributed by atoms with Crippen molar-refractivity contribution in [3.8, 4) is 0 Å². The van der Waals surface area contributed by atoms with E-state index < -0.39 is 35.8 Å². The van der Waals surface area contributed by atoms with E-state index in [9.17, 15) is 19.2 Å². The van der Waals surface area contributed by atoms with Crippen molar-refractivity contribution in [2.75, 3.05) is 11.9 Å². The number of thiophene rings is 1. The smallest absolute Gasteiger partial charge is 0.325 e. The van der Waals surface area contributed by atoms with Crippen LogP contribution in [0.25, 0.3) is 0 Å². The molecule has 1 aliphatic heterocycles. The van der Waals surface area contributed by atoms with E-state index >= 15 is 0 Å². The Balaban J connectivity index is 1.52. The zero-order valence-corrected chi connectivity index (χ0v) is 17.5. The number of fused-ring (bicyclic) bond motifs is 1. The van der Waals surface area contributed by atoms with Gasteiger partial charge in [-0.25, -0.2) is 4.79 Å². The number of imide groups is 1. The maximum Gasteiger partial charge on any atom is 0.325 e. The predicted octanol–water partition coefficient (Wildman–Crippen LogP) is 2.03. The topological polar surface area (TPSA) is 135 Å². The molecule has 4 N–H and O–H groups in total. The minimum absolute atomic E-state index is 0.295. The van der Waals surface area contributed by atoms with E-state index in [4.69, 9.17) is 10.2 Å². The number of carbonyl (C=O) groups excluding carboxylic acids is 4. The number of rotatable bonds is 5. The second-order valence-corrected chi connectivity index (χ2v) is 8.79. The number of urea groups is 1. The number of furan rings is 1. The normalized spacial score (nSPS) is 20.8. The number of nitrogens with one attached hydrogen (secondary N) is 2. The standard InChI is InChI=1S/C20H22N4O5S/c1-10-7-8-13(29-10)20(2)18(27)24(19(28)23-20)9-14(25)22-17-15(16(21)26)11-5-3-4-6-12(11)30-17/h7-8H,3-6,9H2,1-2H3,(H2,21,26)(H,22,25)(H,23,28). The Labute approximate surface area is 176 Å². The molecule has 1 unspecified atom stereocenters. The lowest BCUT2D eigenvalue weighted by Crippen LogP contribution is -2.42. The van der Waals surface area contributed by atoms with Crippen molar-refractivity contribution in [2.45, 2.75) is 45.1 Å². The number of hydrogen-bond acceptors (Lipinski definition) is 6. The lowest BCUT2D eigenvalue weighted by Gasteiger charge is -2.19. The molecule has 3 heterocycles. The molecule has 5 amide bonds. The lowest BCUT2D eigenvalue weighted by atomic mass is 9.95. The molecule has 2 aromatic rings. The first-order chi connectivity index (χ1) is 14.2. The van der Waals surface area contributed by atoms with Gasteiger partial charge in [0.25, 0.3) is 11.8 Å². The number of amides is 5. The SMILES string of the molecule is Cc1ccc(C2(C)NC(=O)N(CC(=O)Nc3sc4c(c3C(N)=O)CCCC4)C2=O)o1. The Morgan fingerprint density at radius 3 is 2.70 bits per heavy atom. The third-order valence-corrected chi connectivity index (χ3v) is 6.69. The lowest BCUT2D eigenvalue weighted by molar-refractivity contribution is -0.134. The van der Waals surface area contributed by atoms with Gasteiger partial charge in [0.15, 0.2) is 5.54 Å². The summed E-state index contributed by atoms with van der Waals surface area (Å²) in [5, 5.41) is 5.63. The average molecular weight is 430 g/mol. The summed E-state index contributed by atoms with van der Waals surface area (Å²) < 4.78 is 5.51. The van der Waals surface area contributed by atoms with Gasteiger partial charge < -0.3 is 20.8 Å². The summed E-state index contributed by atoms with van der Waals surface area (Å²) in [6.07, 6.45) is 3.56. The van der Waals surface area contributed by atoms with Gasteiger partial charge >= 0.3 is 6.03 Å². The number of nitrogens with two attached hydrogens (primary N) is 1. The van der Waals surface area contributed by atoms with Crippen LogP contribution in [-0.2, 0) is 28.0 Å². The molecule has 10 heteroatoms. The summed E-state index contributed by atoms with van der Waals surface area (Å²) in [5.41, 5.74) is 5.39. The van der Waals surface area contributed by atoms with Gasteiger partial charge in [-0.1, -0.05) is 0 Å². The summed E-state index contributed by atoms with van der Waals surface area (Å²) in [6, 6.07) is 2.62. The quantitative estimate of drug-likeness (QED) is 0.624. The van der Waals surface area contributed by atoms with E-state index in [0.29, 0.717) is 22.1 Å². The molecular formula is C20H22N4O5S. The molecule has 1 aliphatic carbocycles. The zero-order chi connectivity index (χ0) is 21.6. The fourth-order valence-corrected chi connectivity index (χ4v) is 5.25. The van der Waals surface area contributed by atoms with Crippen LogP contribution in [-0.4, -0.2) is 35.2 Å². The van der Waals surface area contributed by atoms with Crippen LogP contribution in [0.4, 0.5) is 9.80 Å². The van der Waals surface area contributed by atoms with Gasteiger partial charge in [-0.3, -0.25) is 19.3 Å². The second kappa shape index (κ2) is 7.28. The molecule has 0 spiro atoms. The van der Waals surface area contributed by atoms with Gasteiger partial charge in [0.1, 0.15) is 23.1 Å². The zero-order valence-electron chi connectivity index (χ0n) is 16.7. The average Bonchev–Trinajstić information content (AvgIpc) is 3.33. The number of primary amides is 1. The van der Waals surface area contributed by atoms with E-state index in [-0.39, 0.29) is 0 Å². The van der Waals surface area contributed by atoms with Crippen molar-refractivity contribution >= 4 is 40.1 Å². The first-order valence-electron chi connectivity index (χ1n) is 9.66. The number of aryl methyl sites for hydroxylation is 2. The minimum Gasteiger partial charge on any atom is -0.463 e. The first kappa shape index (κ1) is 20.1. The number of nitrogens with zero attached hydrogens (tertiary/aromatic N) is 1. The Hall–Kier alpha value is -3.14. The van der Waals surface area contributed by atoms with Crippen LogP contribution in [0, 0.1) is 6.92 Å². The highest BCUT2D eigenvalue weighted by molar-refractivity contribution is 7.17. The van der Waals surface area contributed by atoms with Crippen LogP contribution in [0.1, 0.15) is 52.1 Å². The van der Waals surface area contributed by atoms with Crippen molar-refractivity contribution in [2.24, 2.45) is 5.73 Å². The predicted molar refractivity (Wildman–Crippen MR) is 109 cm³/mol. The summed E-state index contributed by atoms with van der Waals surface area (Å²) in [6.45, 7) is 2.78. The van der Waals surface area contributed by atoms with E-state index in [0.717, 1.165) is 41.0 Å². The van der Waals surface area contributed by atoms with Crippen LogP contribution >= 0.6 is 11.3 Å². The molecule has 2 aromatic heterocycles. The number of anilines is 1. The maximum absolute atomic E-state index is 12.9. The molecule has 2 aliphatic rings. The molecule has 0 aromatic carbocycles. The Morgan fingerprint density at radius 2 is 2.03 bits per heavy atom. The van der Waals surface area contributed by atoms with E-state index in [1.54, 1.807) is 19.1 Å². The fourth-order valence-electron chi connectivity index (χ4n) is 3.94. The van der Waals surface area contributed by atoms with Gasteiger partial charge in [0.2, 0.25) is 5.91 Å². The van der Waals surface area contributed by atoms with Gasteiger partial charge in [-0.05, 0) is 57.2 Å². The molecule has 1 saturated heterocycles. The van der Waals surface area contributed by atoms with E-state index in [1.807, 2.05) is 0 Å². The fraction of sp³-hybridized carbons (Fsp3) is 0.400. The van der Waals surface area contributed by atoms with Gasteiger partial charge in [-0.2, -0.15) is 0 Å². The van der Waals surface area contributed by atoms with E-state index in [1.165, 1.54) is 18.3 Å². The Morgan fingerprint density at radius 1 is 1.30 bits per heavy atom. The summed E-state index contributed by atoms with van der Waals surface area (Å²) in [4.78, 5) is 51.8. The van der Waals surface area contributed by atoms with Crippen molar-refractivity contribution in [1.29, 1.82) is 0 Å². The van der Waals surface area contributed by atoms with Crippen LogP contribution in [0.15, 0.2) is 16.5 Å². The highest BCUT2D eigenvalue weighted by Crippen LogP contribution is 2.38. The molecule has 1 fully saturated rings. The van der Waals surface area contributed by atoms with Crippen LogP contribution in [0.5, 0.6) is 0 Å². The van der Waals surface area contributed by atoms with Gasteiger partial charge in [-0.15, -0.1) is 11.3 Å². The summed E-state index contributed by atoms with van der Waals surface area (Å²) >= 11 is 1.33. The highest BCUT2D eigenvalue weighted by atomic mass is 32.1. The van der Waals surface area contributed by atoms with E-state index in [2.05, 4.69) is 10.6 Å². The third kappa shape index (κ3) is 3.26. The molecule has 1 atom stereocenters. The molecule has 4 rings (SSSR count). The van der Waals surface area contributed by atoms with Crippen molar-refractivity contribution < 1.29 is 23.6 Å². The van der Waals surface area contributed by atoms with Crippen molar-refractivity contribution in [3.05, 3.63) is 39.7 Å². The number of carbonyl (C=O) groups is 4. The third-order valence-electron chi connectivity index (χ3n) is 5.48. The van der Waals surface area contributed by atoms with Gasteiger partial charge in [0.05, 0.1) is 5.56 Å². The molecule has 0 radical (unpaired) electrons.